The molecule has 3 rings (SSSR count). The number of carbonyl (C=O) groups is 2. The molecule has 170 valence electrons. The number of aliphatic hydroxyl groups is 1. The van der Waals surface area contributed by atoms with Crippen molar-refractivity contribution in [1.29, 1.82) is 0 Å². The molecule has 32 heavy (non-hydrogen) atoms. The number of rotatable bonds is 11. The summed E-state index contributed by atoms with van der Waals surface area (Å²) in [4.78, 5) is 27.5. The molecule has 1 aliphatic rings. The van der Waals surface area contributed by atoms with E-state index in [-0.39, 0.29) is 24.3 Å². The minimum Gasteiger partial charge on any atom is -0.503 e. The fraction of sp³-hybridized carbons (Fsp3) is 0.385. The summed E-state index contributed by atoms with van der Waals surface area (Å²) in [5.74, 6) is -0.120. The van der Waals surface area contributed by atoms with Gasteiger partial charge in [0.1, 0.15) is 5.75 Å². The first-order valence-corrected chi connectivity index (χ1v) is 10.9. The topological polar surface area (TPSA) is 76.1 Å². The lowest BCUT2D eigenvalue weighted by atomic mass is 9.93. The van der Waals surface area contributed by atoms with E-state index < -0.39 is 17.7 Å². The van der Waals surface area contributed by atoms with Crippen LogP contribution < -0.4 is 4.74 Å². The minimum atomic E-state index is -0.653. The van der Waals surface area contributed by atoms with Crippen LogP contribution in [0.3, 0.4) is 0 Å². The molecular weight excluding hydrogens is 406 g/mol. The molecule has 1 heterocycles. The lowest BCUT2D eigenvalue weighted by Crippen LogP contribution is -2.34. The second-order valence-electron chi connectivity index (χ2n) is 8.34. The number of methoxy groups -OCH3 is 1. The van der Waals surface area contributed by atoms with Crippen molar-refractivity contribution in [3.05, 3.63) is 77.1 Å². The Hall–Kier alpha value is -3.12. The van der Waals surface area contributed by atoms with Crippen LogP contribution in [0.15, 0.2) is 65.9 Å². The van der Waals surface area contributed by atoms with Gasteiger partial charge >= 0.3 is 0 Å². The highest BCUT2D eigenvalue weighted by Gasteiger charge is 2.42. The van der Waals surface area contributed by atoms with Crippen molar-refractivity contribution in [1.82, 2.24) is 4.90 Å². The highest BCUT2D eigenvalue weighted by atomic mass is 16.5. The highest BCUT2D eigenvalue weighted by Crippen LogP contribution is 2.38. The summed E-state index contributed by atoms with van der Waals surface area (Å²) >= 11 is 0. The van der Waals surface area contributed by atoms with Gasteiger partial charge < -0.3 is 19.5 Å². The first kappa shape index (κ1) is 23.5. The van der Waals surface area contributed by atoms with Gasteiger partial charge in [-0.2, -0.15) is 0 Å². The van der Waals surface area contributed by atoms with Crippen molar-refractivity contribution in [2.24, 2.45) is 5.92 Å². The number of ether oxygens (including phenoxy) is 2. The summed E-state index contributed by atoms with van der Waals surface area (Å²) in [5.41, 5.74) is 1.93. The third kappa shape index (κ3) is 5.56. The van der Waals surface area contributed by atoms with Gasteiger partial charge in [0.15, 0.2) is 11.5 Å². The Balaban J connectivity index is 1.85. The molecule has 6 nitrogen and oxygen atoms in total. The number of hydrogen-bond donors (Lipinski definition) is 1. The van der Waals surface area contributed by atoms with Crippen LogP contribution in [0.5, 0.6) is 5.75 Å². The van der Waals surface area contributed by atoms with Gasteiger partial charge in [0.25, 0.3) is 5.91 Å². The standard InChI is InChI=1S/C26H31NO5/c1-18(2)17-32-21-12-10-20(11-13-21)24-23(25(29)26(30)27(24)15-16-31-3)22(28)14-9-19-7-5-4-6-8-19/h4-8,10-13,18,24,29H,9,14-17H2,1-3H3. The second kappa shape index (κ2) is 11.0. The molecule has 0 saturated carbocycles. The lowest BCUT2D eigenvalue weighted by molar-refractivity contribution is -0.130. The van der Waals surface area contributed by atoms with Crippen LogP contribution in [-0.4, -0.2) is 48.6 Å². The van der Waals surface area contributed by atoms with E-state index in [0.717, 1.165) is 16.9 Å². The zero-order valence-corrected chi connectivity index (χ0v) is 18.9. The zero-order chi connectivity index (χ0) is 23.1. The summed E-state index contributed by atoms with van der Waals surface area (Å²) in [6.07, 6.45) is 0.748. The van der Waals surface area contributed by atoms with Crippen molar-refractivity contribution >= 4 is 11.7 Å². The lowest BCUT2D eigenvalue weighted by Gasteiger charge is -2.26. The van der Waals surface area contributed by atoms with Crippen molar-refractivity contribution in [3.63, 3.8) is 0 Å². The average Bonchev–Trinajstić information content (AvgIpc) is 3.05. The molecule has 2 aromatic carbocycles. The average molecular weight is 438 g/mol. The van der Waals surface area contributed by atoms with Crippen molar-refractivity contribution in [3.8, 4) is 5.75 Å². The number of amides is 1. The van der Waals surface area contributed by atoms with E-state index in [2.05, 4.69) is 13.8 Å². The fourth-order valence-electron chi connectivity index (χ4n) is 3.75. The van der Waals surface area contributed by atoms with Crippen molar-refractivity contribution < 1.29 is 24.2 Å². The van der Waals surface area contributed by atoms with Crippen LogP contribution in [0.1, 0.15) is 37.4 Å². The van der Waals surface area contributed by atoms with Crippen LogP contribution in [0, 0.1) is 5.92 Å². The maximum absolute atomic E-state index is 13.2. The third-order valence-electron chi connectivity index (χ3n) is 5.40. The summed E-state index contributed by atoms with van der Waals surface area (Å²) < 4.78 is 10.9. The number of hydrogen-bond acceptors (Lipinski definition) is 5. The largest absolute Gasteiger partial charge is 0.503 e. The molecule has 0 radical (unpaired) electrons. The Morgan fingerprint density at radius 3 is 2.41 bits per heavy atom. The molecule has 1 N–H and O–H groups in total. The zero-order valence-electron chi connectivity index (χ0n) is 18.9. The molecule has 1 unspecified atom stereocenters. The van der Waals surface area contributed by atoms with E-state index in [4.69, 9.17) is 9.47 Å². The molecule has 0 bridgehead atoms. The molecule has 0 fully saturated rings. The van der Waals surface area contributed by atoms with Crippen LogP contribution in [-0.2, 0) is 20.7 Å². The molecule has 0 aliphatic carbocycles. The maximum atomic E-state index is 13.2. The summed E-state index contributed by atoms with van der Waals surface area (Å²) in [7, 11) is 1.55. The SMILES string of the molecule is COCCN1C(=O)C(O)=C(C(=O)CCc2ccccc2)C1c1ccc(OCC(C)C)cc1. The maximum Gasteiger partial charge on any atom is 0.290 e. The minimum absolute atomic E-state index is 0.151. The van der Waals surface area contributed by atoms with Gasteiger partial charge in [-0.1, -0.05) is 56.3 Å². The quantitative estimate of drug-likeness (QED) is 0.568. The molecule has 0 spiro atoms. The monoisotopic (exact) mass is 437 g/mol. The number of aliphatic hydroxyl groups excluding tert-OH is 1. The molecular formula is C26H31NO5. The normalized spacial score (nSPS) is 16.2. The molecule has 0 saturated heterocycles. The predicted octanol–water partition coefficient (Wildman–Crippen LogP) is 4.27. The number of carbonyl (C=O) groups excluding carboxylic acids is 2. The number of benzene rings is 2. The molecule has 0 aromatic heterocycles. The summed E-state index contributed by atoms with van der Waals surface area (Å²) in [6.45, 7) is 5.33. The Morgan fingerprint density at radius 1 is 1.09 bits per heavy atom. The molecule has 2 aromatic rings. The summed E-state index contributed by atoms with van der Waals surface area (Å²) in [5, 5.41) is 10.6. The number of nitrogens with zero attached hydrogens (tertiary/aromatic N) is 1. The van der Waals surface area contributed by atoms with E-state index in [1.165, 1.54) is 4.90 Å². The van der Waals surface area contributed by atoms with Gasteiger partial charge in [-0.3, -0.25) is 9.59 Å². The number of ketones is 1. The first-order chi connectivity index (χ1) is 15.4. The third-order valence-corrected chi connectivity index (χ3v) is 5.40. The Morgan fingerprint density at radius 2 is 1.78 bits per heavy atom. The van der Waals surface area contributed by atoms with E-state index in [1.54, 1.807) is 7.11 Å². The second-order valence-corrected chi connectivity index (χ2v) is 8.34. The van der Waals surface area contributed by atoms with Gasteiger partial charge in [-0.25, -0.2) is 0 Å². The Bertz CT molecular complexity index is 950. The van der Waals surface area contributed by atoms with Gasteiger partial charge in [-0.15, -0.1) is 0 Å². The van der Waals surface area contributed by atoms with E-state index in [9.17, 15) is 14.7 Å². The molecule has 1 amide bonds. The van der Waals surface area contributed by atoms with Crippen molar-refractivity contribution in [2.75, 3.05) is 26.9 Å². The van der Waals surface area contributed by atoms with Crippen molar-refractivity contribution in [2.45, 2.75) is 32.7 Å². The van der Waals surface area contributed by atoms with Gasteiger partial charge in [-0.05, 0) is 35.6 Å². The molecule has 6 heteroatoms. The predicted molar refractivity (Wildman–Crippen MR) is 123 cm³/mol. The Kier molecular flexibility index (Phi) is 8.06. The Labute approximate surface area is 189 Å². The molecule has 1 atom stereocenters. The smallest absolute Gasteiger partial charge is 0.290 e. The number of aryl methyl sites for hydroxylation is 1. The molecule has 1 aliphatic heterocycles. The van der Waals surface area contributed by atoms with Gasteiger partial charge in [0, 0.05) is 20.1 Å². The summed E-state index contributed by atoms with van der Waals surface area (Å²) in [6, 6.07) is 16.4. The van der Waals surface area contributed by atoms with Gasteiger partial charge in [0.2, 0.25) is 0 Å². The first-order valence-electron chi connectivity index (χ1n) is 10.9. The van der Waals surface area contributed by atoms with Crippen LogP contribution in [0.25, 0.3) is 0 Å². The fourth-order valence-corrected chi connectivity index (χ4v) is 3.75. The highest BCUT2D eigenvalue weighted by molar-refractivity contribution is 6.09. The van der Waals surface area contributed by atoms with Crippen LogP contribution >= 0.6 is 0 Å². The van der Waals surface area contributed by atoms with E-state index in [1.807, 2.05) is 54.6 Å². The number of Topliss-reactive ketones (excluding diaryl/α,β-unsaturated/α-hetero) is 1. The van der Waals surface area contributed by atoms with E-state index >= 15 is 0 Å². The van der Waals surface area contributed by atoms with Crippen LogP contribution in [0.4, 0.5) is 0 Å². The van der Waals surface area contributed by atoms with Crippen LogP contribution in [0.2, 0.25) is 0 Å². The van der Waals surface area contributed by atoms with Gasteiger partial charge in [0.05, 0.1) is 24.8 Å². The van der Waals surface area contributed by atoms with E-state index in [0.29, 0.717) is 25.6 Å².